The van der Waals surface area contributed by atoms with Crippen LogP contribution in [-0.2, 0) is 4.79 Å². The van der Waals surface area contributed by atoms with E-state index in [0.717, 1.165) is 42.0 Å². The zero-order chi connectivity index (χ0) is 21.8. The van der Waals surface area contributed by atoms with Gasteiger partial charge in [0.2, 0.25) is 5.91 Å². The molecule has 1 saturated carbocycles. The summed E-state index contributed by atoms with van der Waals surface area (Å²) in [6.45, 7) is 0. The van der Waals surface area contributed by atoms with Gasteiger partial charge in [0.05, 0.1) is 22.3 Å². The fourth-order valence-electron chi connectivity index (χ4n) is 3.64. The number of thioether (sulfide) groups is 1. The number of carbonyl (C=O) groups is 2. The van der Waals surface area contributed by atoms with Crippen molar-refractivity contribution in [2.24, 2.45) is 0 Å². The Morgan fingerprint density at radius 1 is 1.10 bits per heavy atom. The zero-order valence-electron chi connectivity index (χ0n) is 16.6. The van der Waals surface area contributed by atoms with Crippen molar-refractivity contribution >= 4 is 34.6 Å². The van der Waals surface area contributed by atoms with Crippen LogP contribution < -0.4 is 16.2 Å². The Balaban J connectivity index is 1.57. The van der Waals surface area contributed by atoms with Gasteiger partial charge in [-0.1, -0.05) is 48.9 Å². The molecule has 0 atom stereocenters. The van der Waals surface area contributed by atoms with Crippen LogP contribution in [0.25, 0.3) is 16.6 Å². The summed E-state index contributed by atoms with van der Waals surface area (Å²) in [6.07, 6.45) is 3.95. The molecule has 1 aliphatic rings. The number of carbonyl (C=O) groups excluding carboxylic acids is 2. The van der Waals surface area contributed by atoms with E-state index in [1.54, 1.807) is 30.3 Å². The fourth-order valence-corrected chi connectivity index (χ4v) is 4.44. The molecule has 9 heteroatoms. The van der Waals surface area contributed by atoms with Gasteiger partial charge in [0, 0.05) is 6.04 Å². The molecule has 31 heavy (non-hydrogen) atoms. The van der Waals surface area contributed by atoms with Crippen LogP contribution in [0.5, 0.6) is 0 Å². The third-order valence-corrected chi connectivity index (χ3v) is 6.05. The van der Waals surface area contributed by atoms with E-state index >= 15 is 0 Å². The molecule has 1 aromatic heterocycles. The third kappa shape index (κ3) is 4.77. The smallest absolute Gasteiger partial charge is 0.321 e. The lowest BCUT2D eigenvalue weighted by Crippen LogP contribution is -2.44. The lowest BCUT2D eigenvalue weighted by molar-refractivity contribution is -0.117. The molecule has 1 aliphatic carbocycles. The van der Waals surface area contributed by atoms with E-state index in [1.165, 1.54) is 18.2 Å². The van der Waals surface area contributed by atoms with Crippen LogP contribution in [0.3, 0.4) is 0 Å². The summed E-state index contributed by atoms with van der Waals surface area (Å²) >= 11 is 0.966. The van der Waals surface area contributed by atoms with Gasteiger partial charge in [-0.15, -0.1) is 0 Å². The summed E-state index contributed by atoms with van der Waals surface area (Å²) in [5.41, 5.74) is 0.0622. The standard InChI is InChI=1S/C22H21FN4O3S/c23-16-10-4-6-12-18(16)27-20(29)15-9-3-5-11-17(15)25-22(27)31-13-19(28)26-21(30)24-14-7-1-2-8-14/h3-6,9-12,14H,1-2,7-8,13H2,(H2,24,26,28,30). The Morgan fingerprint density at radius 2 is 1.81 bits per heavy atom. The maximum absolute atomic E-state index is 14.5. The van der Waals surface area contributed by atoms with Gasteiger partial charge in [-0.05, 0) is 37.1 Å². The van der Waals surface area contributed by atoms with E-state index in [2.05, 4.69) is 15.6 Å². The highest BCUT2D eigenvalue weighted by molar-refractivity contribution is 7.99. The summed E-state index contributed by atoms with van der Waals surface area (Å²) in [7, 11) is 0. The first-order valence-corrected chi connectivity index (χ1v) is 11.0. The van der Waals surface area contributed by atoms with Crippen LogP contribution in [0.1, 0.15) is 25.7 Å². The Morgan fingerprint density at radius 3 is 2.58 bits per heavy atom. The number of amides is 3. The number of benzene rings is 2. The van der Waals surface area contributed by atoms with Crippen molar-refractivity contribution in [2.45, 2.75) is 36.9 Å². The van der Waals surface area contributed by atoms with Gasteiger partial charge in [-0.2, -0.15) is 0 Å². The first-order chi connectivity index (χ1) is 15.0. The second-order valence-corrected chi connectivity index (χ2v) is 8.24. The van der Waals surface area contributed by atoms with Gasteiger partial charge in [-0.3, -0.25) is 19.5 Å². The van der Waals surface area contributed by atoms with Crippen molar-refractivity contribution in [3.8, 4) is 5.69 Å². The largest absolute Gasteiger partial charge is 0.335 e. The maximum Gasteiger partial charge on any atom is 0.321 e. The van der Waals surface area contributed by atoms with Crippen LogP contribution in [0, 0.1) is 5.82 Å². The summed E-state index contributed by atoms with van der Waals surface area (Å²) in [5, 5.41) is 5.60. The highest BCUT2D eigenvalue weighted by Gasteiger charge is 2.20. The quantitative estimate of drug-likeness (QED) is 0.469. The molecule has 0 radical (unpaired) electrons. The average molecular weight is 441 g/mol. The zero-order valence-corrected chi connectivity index (χ0v) is 17.5. The summed E-state index contributed by atoms with van der Waals surface area (Å²) in [6, 6.07) is 12.2. The first kappa shape index (κ1) is 21.0. The van der Waals surface area contributed by atoms with Crippen molar-refractivity contribution in [1.82, 2.24) is 20.2 Å². The third-order valence-electron chi connectivity index (χ3n) is 5.11. The molecule has 4 rings (SSSR count). The number of hydrogen-bond donors (Lipinski definition) is 2. The number of fused-ring (bicyclic) bond motifs is 1. The van der Waals surface area contributed by atoms with Crippen molar-refractivity contribution in [3.63, 3.8) is 0 Å². The number of rotatable bonds is 5. The number of nitrogens with one attached hydrogen (secondary N) is 2. The Bertz CT molecular complexity index is 1190. The molecule has 1 fully saturated rings. The predicted molar refractivity (Wildman–Crippen MR) is 117 cm³/mol. The van der Waals surface area contributed by atoms with Crippen molar-refractivity contribution in [3.05, 3.63) is 64.7 Å². The van der Waals surface area contributed by atoms with E-state index < -0.39 is 23.3 Å². The maximum atomic E-state index is 14.5. The second-order valence-electron chi connectivity index (χ2n) is 7.30. The highest BCUT2D eigenvalue weighted by Crippen LogP contribution is 2.23. The van der Waals surface area contributed by atoms with Crippen LogP contribution in [0.2, 0.25) is 0 Å². The molecule has 0 aliphatic heterocycles. The first-order valence-electron chi connectivity index (χ1n) is 10.0. The van der Waals surface area contributed by atoms with E-state index in [9.17, 15) is 18.8 Å². The van der Waals surface area contributed by atoms with Crippen LogP contribution >= 0.6 is 11.8 Å². The number of aromatic nitrogens is 2. The van der Waals surface area contributed by atoms with Gasteiger partial charge < -0.3 is 5.32 Å². The highest BCUT2D eigenvalue weighted by atomic mass is 32.2. The van der Waals surface area contributed by atoms with Gasteiger partial charge in [0.15, 0.2) is 5.16 Å². The molecule has 0 spiro atoms. The lowest BCUT2D eigenvalue weighted by atomic mass is 10.2. The fraction of sp³-hybridized carbons (Fsp3) is 0.273. The Kier molecular flexibility index (Phi) is 6.31. The van der Waals surface area contributed by atoms with Gasteiger partial charge in [0.1, 0.15) is 5.82 Å². The summed E-state index contributed by atoms with van der Waals surface area (Å²) in [5.74, 6) is -1.26. The molecule has 0 saturated heterocycles. The molecule has 0 unspecified atom stereocenters. The summed E-state index contributed by atoms with van der Waals surface area (Å²) in [4.78, 5) is 41.9. The molecular formula is C22H21FN4O3S. The lowest BCUT2D eigenvalue weighted by Gasteiger charge is -2.14. The van der Waals surface area contributed by atoms with Crippen molar-refractivity contribution < 1.29 is 14.0 Å². The van der Waals surface area contributed by atoms with E-state index in [4.69, 9.17) is 0 Å². The number of halogens is 1. The number of imide groups is 1. The molecule has 1 heterocycles. The minimum absolute atomic E-state index is 0.0487. The van der Waals surface area contributed by atoms with Gasteiger partial charge >= 0.3 is 6.03 Å². The number of urea groups is 1. The van der Waals surface area contributed by atoms with Gasteiger partial charge in [-0.25, -0.2) is 14.2 Å². The van der Waals surface area contributed by atoms with Crippen LogP contribution in [-0.4, -0.2) is 33.3 Å². The molecular weight excluding hydrogens is 419 g/mol. The SMILES string of the molecule is O=C(CSc1nc2ccccc2c(=O)n1-c1ccccc1F)NC(=O)NC1CCCC1. The second kappa shape index (κ2) is 9.30. The number of hydrogen-bond acceptors (Lipinski definition) is 5. The number of nitrogens with zero attached hydrogens (tertiary/aromatic N) is 2. The molecule has 7 nitrogen and oxygen atoms in total. The number of para-hydroxylation sites is 2. The topological polar surface area (TPSA) is 93.1 Å². The molecule has 3 aromatic rings. The van der Waals surface area contributed by atoms with E-state index in [1.807, 2.05) is 0 Å². The summed E-state index contributed by atoms with van der Waals surface area (Å²) < 4.78 is 15.6. The van der Waals surface area contributed by atoms with Crippen molar-refractivity contribution in [1.29, 1.82) is 0 Å². The average Bonchev–Trinajstić information content (AvgIpc) is 3.26. The molecule has 2 aromatic carbocycles. The molecule has 3 amide bonds. The van der Waals surface area contributed by atoms with Crippen molar-refractivity contribution in [2.75, 3.05) is 5.75 Å². The Labute approximate surface area is 182 Å². The normalized spacial score (nSPS) is 14.0. The molecule has 2 N–H and O–H groups in total. The monoisotopic (exact) mass is 440 g/mol. The Hall–Kier alpha value is -3.20. The predicted octanol–water partition coefficient (Wildman–Crippen LogP) is 3.39. The molecule has 160 valence electrons. The minimum atomic E-state index is -0.580. The molecule has 0 bridgehead atoms. The minimum Gasteiger partial charge on any atom is -0.335 e. The van der Waals surface area contributed by atoms with E-state index in [0.29, 0.717) is 10.9 Å². The van der Waals surface area contributed by atoms with Gasteiger partial charge in [0.25, 0.3) is 5.56 Å². The van der Waals surface area contributed by atoms with Crippen LogP contribution in [0.4, 0.5) is 9.18 Å². The van der Waals surface area contributed by atoms with Crippen LogP contribution in [0.15, 0.2) is 58.5 Å². The van der Waals surface area contributed by atoms with E-state index in [-0.39, 0.29) is 22.6 Å².